The zero-order valence-electron chi connectivity index (χ0n) is 10.8. The van der Waals surface area contributed by atoms with Gasteiger partial charge in [0.15, 0.2) is 6.10 Å². The van der Waals surface area contributed by atoms with Crippen LogP contribution < -0.4 is 10.3 Å². The first-order valence-corrected chi connectivity index (χ1v) is 6.02. The molecule has 1 aliphatic heterocycles. The van der Waals surface area contributed by atoms with Crippen molar-refractivity contribution in [3.05, 3.63) is 22.1 Å². The van der Waals surface area contributed by atoms with Crippen LogP contribution in [0.2, 0.25) is 0 Å². The van der Waals surface area contributed by atoms with Gasteiger partial charge in [0.1, 0.15) is 0 Å². The van der Waals surface area contributed by atoms with Gasteiger partial charge in [0.05, 0.1) is 19.8 Å². The molecule has 0 radical (unpaired) electrons. The van der Waals surface area contributed by atoms with Crippen molar-refractivity contribution in [2.45, 2.75) is 38.5 Å². The van der Waals surface area contributed by atoms with E-state index in [2.05, 4.69) is 4.98 Å². The highest BCUT2D eigenvalue weighted by Gasteiger charge is 2.31. The van der Waals surface area contributed by atoms with E-state index in [1.807, 2.05) is 0 Å². The van der Waals surface area contributed by atoms with Gasteiger partial charge in [-0.15, -0.1) is 0 Å². The molecule has 0 spiro atoms. The Morgan fingerprint density at radius 2 is 2.37 bits per heavy atom. The van der Waals surface area contributed by atoms with Crippen LogP contribution in [0.15, 0.2) is 10.9 Å². The summed E-state index contributed by atoms with van der Waals surface area (Å²) < 4.78 is 11.8. The lowest BCUT2D eigenvalue weighted by Crippen LogP contribution is -2.29. The number of ether oxygens (including phenoxy) is 2. The van der Waals surface area contributed by atoms with Gasteiger partial charge in [0.2, 0.25) is 0 Å². The number of aromatic nitrogens is 2. The van der Waals surface area contributed by atoms with Gasteiger partial charge in [-0.05, 0) is 19.8 Å². The van der Waals surface area contributed by atoms with Crippen LogP contribution in [-0.2, 0) is 16.1 Å². The first-order chi connectivity index (χ1) is 9.01. The number of carboxylic acids is 1. The van der Waals surface area contributed by atoms with E-state index in [9.17, 15) is 9.59 Å². The standard InChI is InChI=1S/C12H16N2O5/c1-7-5-10(15)14(12(13-7)18-2)6-8-3-4-9(19-8)11(16)17/h5,8-9H,3-4,6H2,1-2H3,(H,16,17). The van der Waals surface area contributed by atoms with Crippen molar-refractivity contribution in [2.75, 3.05) is 7.11 Å². The molecule has 1 aromatic rings. The van der Waals surface area contributed by atoms with Gasteiger partial charge in [0, 0.05) is 11.8 Å². The normalized spacial score (nSPS) is 22.4. The van der Waals surface area contributed by atoms with Gasteiger partial charge in [-0.25, -0.2) is 9.78 Å². The van der Waals surface area contributed by atoms with Gasteiger partial charge >= 0.3 is 5.97 Å². The summed E-state index contributed by atoms with van der Waals surface area (Å²) >= 11 is 0. The lowest BCUT2D eigenvalue weighted by Gasteiger charge is -2.15. The van der Waals surface area contributed by atoms with E-state index in [4.69, 9.17) is 14.6 Å². The van der Waals surface area contributed by atoms with Gasteiger partial charge in [0.25, 0.3) is 11.6 Å². The van der Waals surface area contributed by atoms with Gasteiger partial charge in [-0.2, -0.15) is 0 Å². The maximum atomic E-state index is 11.9. The highest BCUT2D eigenvalue weighted by Crippen LogP contribution is 2.21. The van der Waals surface area contributed by atoms with Gasteiger partial charge in [-0.3, -0.25) is 9.36 Å². The van der Waals surface area contributed by atoms with Crippen LogP contribution in [0.25, 0.3) is 0 Å². The van der Waals surface area contributed by atoms with Crippen molar-refractivity contribution in [3.8, 4) is 6.01 Å². The quantitative estimate of drug-likeness (QED) is 0.838. The van der Waals surface area contributed by atoms with E-state index in [-0.39, 0.29) is 24.2 Å². The van der Waals surface area contributed by atoms with E-state index in [0.717, 1.165) is 0 Å². The molecule has 1 aromatic heterocycles. The third-order valence-electron chi connectivity index (χ3n) is 3.05. The summed E-state index contributed by atoms with van der Waals surface area (Å²) in [6.45, 7) is 1.96. The maximum absolute atomic E-state index is 11.9. The van der Waals surface area contributed by atoms with Crippen LogP contribution in [0.3, 0.4) is 0 Å². The Balaban J connectivity index is 2.16. The van der Waals surface area contributed by atoms with E-state index in [1.165, 1.54) is 17.7 Å². The molecule has 7 heteroatoms. The minimum atomic E-state index is -0.969. The average Bonchev–Trinajstić information content (AvgIpc) is 2.81. The molecule has 7 nitrogen and oxygen atoms in total. The lowest BCUT2D eigenvalue weighted by atomic mass is 10.2. The number of carboxylic acid groups (broad SMARTS) is 1. The lowest BCUT2D eigenvalue weighted by molar-refractivity contribution is -0.149. The zero-order valence-corrected chi connectivity index (χ0v) is 10.8. The first-order valence-electron chi connectivity index (χ1n) is 6.02. The molecular formula is C12H16N2O5. The van der Waals surface area contributed by atoms with Crippen LogP contribution in [0.4, 0.5) is 0 Å². The first kappa shape index (κ1) is 13.5. The molecule has 0 amide bonds. The summed E-state index contributed by atoms with van der Waals surface area (Å²) in [6, 6.07) is 1.62. The number of aliphatic carboxylic acids is 1. The number of rotatable bonds is 4. The second-order valence-corrected chi connectivity index (χ2v) is 4.50. The highest BCUT2D eigenvalue weighted by atomic mass is 16.5. The summed E-state index contributed by atoms with van der Waals surface area (Å²) in [6.07, 6.45) is -0.0427. The summed E-state index contributed by atoms with van der Waals surface area (Å²) in [5, 5.41) is 8.86. The number of aryl methyl sites for hydroxylation is 1. The van der Waals surface area contributed by atoms with Gasteiger partial charge < -0.3 is 14.6 Å². The van der Waals surface area contributed by atoms with Crippen LogP contribution in [0, 0.1) is 6.92 Å². The fraction of sp³-hybridized carbons (Fsp3) is 0.583. The Kier molecular flexibility index (Phi) is 3.84. The van der Waals surface area contributed by atoms with Crippen LogP contribution in [-0.4, -0.2) is 39.9 Å². The summed E-state index contributed by atoms with van der Waals surface area (Å²) in [4.78, 5) is 26.8. The second-order valence-electron chi connectivity index (χ2n) is 4.50. The molecule has 1 aliphatic rings. The number of carbonyl (C=O) groups is 1. The molecule has 1 fully saturated rings. The topological polar surface area (TPSA) is 90.7 Å². The molecule has 19 heavy (non-hydrogen) atoms. The van der Waals surface area contributed by atoms with Crippen molar-refractivity contribution < 1.29 is 19.4 Å². The fourth-order valence-corrected chi connectivity index (χ4v) is 2.14. The Morgan fingerprint density at radius 3 is 2.95 bits per heavy atom. The number of nitrogens with zero attached hydrogens (tertiary/aromatic N) is 2. The van der Waals surface area contributed by atoms with E-state index >= 15 is 0 Å². The Labute approximate surface area is 109 Å². The fourth-order valence-electron chi connectivity index (χ4n) is 2.14. The van der Waals surface area contributed by atoms with Crippen molar-refractivity contribution >= 4 is 5.97 Å². The second kappa shape index (κ2) is 5.40. The molecule has 2 rings (SSSR count). The molecule has 0 bridgehead atoms. The minimum absolute atomic E-state index is 0.215. The SMILES string of the molecule is COc1nc(C)cc(=O)n1CC1CCC(C(=O)O)O1. The third kappa shape index (κ3) is 2.93. The van der Waals surface area contributed by atoms with Crippen molar-refractivity contribution in [2.24, 2.45) is 0 Å². The molecule has 1 N–H and O–H groups in total. The van der Waals surface area contributed by atoms with Crippen LogP contribution >= 0.6 is 0 Å². The largest absolute Gasteiger partial charge is 0.479 e. The Bertz CT molecular complexity index is 539. The average molecular weight is 268 g/mol. The van der Waals surface area contributed by atoms with Gasteiger partial charge in [-0.1, -0.05) is 0 Å². The summed E-state index contributed by atoms with van der Waals surface area (Å²) in [7, 11) is 1.44. The molecule has 0 aliphatic carbocycles. The Hall–Kier alpha value is -1.89. The Morgan fingerprint density at radius 1 is 1.63 bits per heavy atom. The molecule has 2 unspecified atom stereocenters. The van der Waals surface area contributed by atoms with E-state index in [1.54, 1.807) is 6.92 Å². The molecule has 2 heterocycles. The maximum Gasteiger partial charge on any atom is 0.332 e. The predicted molar refractivity (Wildman–Crippen MR) is 65.3 cm³/mol. The molecule has 0 aromatic carbocycles. The van der Waals surface area contributed by atoms with Crippen molar-refractivity contribution in [1.82, 2.24) is 9.55 Å². The molecule has 2 atom stereocenters. The number of hydrogen-bond acceptors (Lipinski definition) is 5. The minimum Gasteiger partial charge on any atom is -0.479 e. The molecule has 1 saturated heterocycles. The molecule has 0 saturated carbocycles. The van der Waals surface area contributed by atoms with Crippen molar-refractivity contribution in [3.63, 3.8) is 0 Å². The molecule has 104 valence electrons. The third-order valence-corrected chi connectivity index (χ3v) is 3.05. The van der Waals surface area contributed by atoms with E-state index in [0.29, 0.717) is 18.5 Å². The summed E-state index contributed by atoms with van der Waals surface area (Å²) in [5.41, 5.74) is 0.348. The monoisotopic (exact) mass is 268 g/mol. The zero-order chi connectivity index (χ0) is 14.0. The molecular weight excluding hydrogens is 252 g/mol. The van der Waals surface area contributed by atoms with E-state index < -0.39 is 12.1 Å². The number of hydrogen-bond donors (Lipinski definition) is 1. The van der Waals surface area contributed by atoms with Crippen LogP contribution in [0.1, 0.15) is 18.5 Å². The number of methoxy groups -OCH3 is 1. The van der Waals surface area contributed by atoms with Crippen LogP contribution in [0.5, 0.6) is 6.01 Å². The highest BCUT2D eigenvalue weighted by molar-refractivity contribution is 5.72. The smallest absolute Gasteiger partial charge is 0.332 e. The predicted octanol–water partition coefficient (Wildman–Crippen LogP) is 0.193. The van der Waals surface area contributed by atoms with Crippen molar-refractivity contribution in [1.29, 1.82) is 0 Å². The summed E-state index contributed by atoms with van der Waals surface area (Å²) in [5.74, 6) is -0.969.